The summed E-state index contributed by atoms with van der Waals surface area (Å²) in [6.45, 7) is 4.64. The van der Waals surface area contributed by atoms with Crippen LogP contribution in [0.3, 0.4) is 0 Å². The quantitative estimate of drug-likeness (QED) is 0.109. The first kappa shape index (κ1) is 34.1. The molecule has 2 aliphatic rings. The zero-order valence-electron chi connectivity index (χ0n) is 27.4. The fourth-order valence-corrected chi connectivity index (χ4v) is 7.97. The Balaban J connectivity index is 1.09. The van der Waals surface area contributed by atoms with Crippen molar-refractivity contribution in [3.05, 3.63) is 123 Å². The van der Waals surface area contributed by atoms with Gasteiger partial charge in [-0.05, 0) is 91.6 Å². The number of piperazine rings is 1. The lowest BCUT2D eigenvalue weighted by molar-refractivity contribution is -0.387. The molecule has 1 aromatic heterocycles. The van der Waals surface area contributed by atoms with Gasteiger partial charge < -0.3 is 19.5 Å². The molecule has 5 aromatic rings. The standard InChI is InChI=1S/C37H33ClFN5O6S/c1-23-34(37(45)46)35(36(43(23)29-13-14-29)24-5-7-26(38)8-6-24)25-3-2-4-30(21-25)42-19-17-41(18-20-42)28-11-9-27(10-12-28)40-51(49,50)31-15-16-32(39)33(22-31)44(47)48/h2-12,15-16,21-22,29,40H,13-14,17-20H2,1H3,(H,45,46). The third-order valence-electron chi connectivity index (χ3n) is 9.38. The van der Waals surface area contributed by atoms with Crippen molar-refractivity contribution in [3.63, 3.8) is 0 Å². The number of nitrogens with one attached hydrogen (secondary N) is 1. The summed E-state index contributed by atoms with van der Waals surface area (Å²) in [6.07, 6.45) is 2.00. The Labute approximate surface area is 298 Å². The van der Waals surface area contributed by atoms with Crippen LogP contribution in [0.1, 0.15) is 34.9 Å². The molecular weight excluding hydrogens is 697 g/mol. The third kappa shape index (κ3) is 6.74. The predicted octanol–water partition coefficient (Wildman–Crippen LogP) is 7.99. The molecule has 1 aliphatic carbocycles. The normalized spacial score (nSPS) is 14.8. The molecule has 0 bridgehead atoms. The monoisotopic (exact) mass is 729 g/mol. The molecular formula is C37H33ClFN5O6S. The van der Waals surface area contributed by atoms with Gasteiger partial charge >= 0.3 is 11.7 Å². The summed E-state index contributed by atoms with van der Waals surface area (Å²) < 4.78 is 44.0. The molecule has 2 fully saturated rings. The summed E-state index contributed by atoms with van der Waals surface area (Å²) in [5.74, 6) is -2.08. The average molecular weight is 730 g/mol. The largest absolute Gasteiger partial charge is 0.478 e. The smallest absolute Gasteiger partial charge is 0.338 e. The number of sulfonamides is 1. The maximum absolute atomic E-state index is 13.7. The van der Waals surface area contributed by atoms with Crippen molar-refractivity contribution in [3.8, 4) is 22.4 Å². The van der Waals surface area contributed by atoms with E-state index in [0.29, 0.717) is 48.4 Å². The van der Waals surface area contributed by atoms with Crippen molar-refractivity contribution in [2.24, 2.45) is 0 Å². The fraction of sp³-hybridized carbons (Fsp3) is 0.216. The lowest BCUT2D eigenvalue weighted by atomic mass is 9.96. The van der Waals surface area contributed by atoms with E-state index in [1.54, 1.807) is 24.3 Å². The Morgan fingerprint density at radius 2 is 1.55 bits per heavy atom. The molecule has 262 valence electrons. The van der Waals surface area contributed by atoms with Crippen LogP contribution in [0.25, 0.3) is 22.4 Å². The Morgan fingerprint density at radius 3 is 2.16 bits per heavy atom. The van der Waals surface area contributed by atoms with Crippen LogP contribution in [0.2, 0.25) is 5.02 Å². The van der Waals surface area contributed by atoms with E-state index < -0.39 is 37.3 Å². The van der Waals surface area contributed by atoms with Crippen LogP contribution in [-0.2, 0) is 10.0 Å². The van der Waals surface area contributed by atoms with Crippen LogP contribution in [0.4, 0.5) is 27.1 Å². The van der Waals surface area contributed by atoms with E-state index in [9.17, 15) is 32.8 Å². The van der Waals surface area contributed by atoms with Gasteiger partial charge in [0, 0.05) is 71.6 Å². The van der Waals surface area contributed by atoms with E-state index >= 15 is 0 Å². The number of anilines is 3. The van der Waals surface area contributed by atoms with E-state index in [4.69, 9.17) is 11.6 Å². The van der Waals surface area contributed by atoms with E-state index in [2.05, 4.69) is 25.2 Å². The number of benzene rings is 4. The lowest BCUT2D eigenvalue weighted by Gasteiger charge is -2.37. The lowest BCUT2D eigenvalue weighted by Crippen LogP contribution is -2.46. The van der Waals surface area contributed by atoms with Crippen LogP contribution in [0.5, 0.6) is 0 Å². The van der Waals surface area contributed by atoms with Gasteiger partial charge in [0.1, 0.15) is 0 Å². The Morgan fingerprint density at radius 1 is 0.902 bits per heavy atom. The van der Waals surface area contributed by atoms with E-state index in [-0.39, 0.29) is 11.7 Å². The van der Waals surface area contributed by atoms with Gasteiger partial charge in [-0.1, -0.05) is 35.9 Å². The zero-order valence-corrected chi connectivity index (χ0v) is 29.0. The molecule has 1 aliphatic heterocycles. The highest BCUT2D eigenvalue weighted by Crippen LogP contribution is 2.47. The highest BCUT2D eigenvalue weighted by atomic mass is 35.5. The first-order valence-corrected chi connectivity index (χ1v) is 18.2. The molecule has 11 nitrogen and oxygen atoms in total. The van der Waals surface area contributed by atoms with E-state index in [1.165, 1.54) is 0 Å². The maximum Gasteiger partial charge on any atom is 0.338 e. The number of carboxylic acids is 1. The SMILES string of the molecule is Cc1c(C(=O)O)c(-c2cccc(N3CCN(c4ccc(NS(=O)(=O)c5ccc(F)c([N+](=O)[O-])c5)cc4)CC3)c2)c(-c2ccc(Cl)cc2)n1C1CC1. The molecule has 2 heterocycles. The van der Waals surface area contributed by atoms with Crippen LogP contribution in [0, 0.1) is 22.9 Å². The van der Waals surface area contributed by atoms with Gasteiger partial charge in [0.15, 0.2) is 0 Å². The van der Waals surface area contributed by atoms with Crippen molar-refractivity contribution in [1.82, 2.24) is 4.57 Å². The number of hydrogen-bond donors (Lipinski definition) is 2. The van der Waals surface area contributed by atoms with Gasteiger partial charge in [-0.2, -0.15) is 4.39 Å². The summed E-state index contributed by atoms with van der Waals surface area (Å²) >= 11 is 6.22. The minimum absolute atomic E-state index is 0.255. The third-order valence-corrected chi connectivity index (χ3v) is 11.0. The molecule has 14 heteroatoms. The van der Waals surface area contributed by atoms with Crippen molar-refractivity contribution in [2.45, 2.75) is 30.7 Å². The summed E-state index contributed by atoms with van der Waals surface area (Å²) in [7, 11) is -4.20. The first-order valence-electron chi connectivity index (χ1n) is 16.3. The highest BCUT2D eigenvalue weighted by molar-refractivity contribution is 7.92. The molecule has 4 aromatic carbocycles. The number of carbonyl (C=O) groups is 1. The van der Waals surface area contributed by atoms with Crippen molar-refractivity contribution in [2.75, 3.05) is 40.7 Å². The average Bonchev–Trinajstić information content (AvgIpc) is 3.90. The minimum Gasteiger partial charge on any atom is -0.478 e. The molecule has 0 radical (unpaired) electrons. The number of aromatic nitrogens is 1. The molecule has 1 saturated carbocycles. The second kappa shape index (κ2) is 13.4. The second-order valence-electron chi connectivity index (χ2n) is 12.6. The topological polar surface area (TPSA) is 138 Å². The van der Waals surface area contributed by atoms with Gasteiger partial charge in [0.2, 0.25) is 5.82 Å². The Kier molecular flexibility index (Phi) is 8.94. The van der Waals surface area contributed by atoms with Gasteiger partial charge in [-0.25, -0.2) is 13.2 Å². The van der Waals surface area contributed by atoms with E-state index in [1.807, 2.05) is 49.4 Å². The molecule has 51 heavy (non-hydrogen) atoms. The van der Waals surface area contributed by atoms with Crippen LogP contribution in [-0.4, -0.2) is 55.2 Å². The fourth-order valence-electron chi connectivity index (χ4n) is 6.77. The molecule has 0 unspecified atom stereocenters. The number of aromatic carboxylic acids is 1. The van der Waals surface area contributed by atoms with Crippen LogP contribution in [0.15, 0.2) is 95.9 Å². The van der Waals surface area contributed by atoms with E-state index in [0.717, 1.165) is 58.9 Å². The van der Waals surface area contributed by atoms with Gasteiger partial charge in [0.05, 0.1) is 21.1 Å². The number of hydrogen-bond acceptors (Lipinski definition) is 7. The molecule has 0 spiro atoms. The number of carboxylic acid groups (broad SMARTS) is 1. The zero-order chi connectivity index (χ0) is 36.0. The van der Waals surface area contributed by atoms with Gasteiger partial charge in [-0.3, -0.25) is 14.8 Å². The maximum atomic E-state index is 13.7. The summed E-state index contributed by atoms with van der Waals surface area (Å²) in [5.41, 5.74) is 5.56. The predicted molar refractivity (Wildman–Crippen MR) is 195 cm³/mol. The molecule has 2 N–H and O–H groups in total. The number of rotatable bonds is 10. The second-order valence-corrected chi connectivity index (χ2v) is 14.8. The number of nitro benzene ring substituents is 1. The Bertz CT molecular complexity index is 2270. The number of nitro groups is 1. The number of halogens is 2. The van der Waals surface area contributed by atoms with Gasteiger partial charge in [0.25, 0.3) is 10.0 Å². The highest BCUT2D eigenvalue weighted by Gasteiger charge is 2.34. The number of nitrogens with zero attached hydrogens (tertiary/aromatic N) is 4. The van der Waals surface area contributed by atoms with Crippen LogP contribution >= 0.6 is 11.6 Å². The summed E-state index contributed by atoms with van der Waals surface area (Å²) in [6, 6.07) is 25.0. The minimum atomic E-state index is -4.20. The van der Waals surface area contributed by atoms with Crippen molar-refractivity contribution in [1.29, 1.82) is 0 Å². The Hall–Kier alpha value is -5.40. The van der Waals surface area contributed by atoms with Crippen molar-refractivity contribution < 1.29 is 27.6 Å². The first-order chi connectivity index (χ1) is 24.4. The molecule has 1 saturated heterocycles. The molecule has 7 rings (SSSR count). The molecule has 0 atom stereocenters. The summed E-state index contributed by atoms with van der Waals surface area (Å²) in [4.78, 5) is 26.9. The van der Waals surface area contributed by atoms with Crippen LogP contribution < -0.4 is 14.5 Å². The molecule has 0 amide bonds. The summed E-state index contributed by atoms with van der Waals surface area (Å²) in [5, 5.41) is 22.1. The van der Waals surface area contributed by atoms with Crippen molar-refractivity contribution >= 4 is 50.3 Å². The van der Waals surface area contributed by atoms with Gasteiger partial charge in [-0.15, -0.1) is 0 Å².